The average Bonchev–Trinajstić information content (AvgIpc) is 2.75. The molecule has 0 bridgehead atoms. The maximum absolute atomic E-state index is 3.97. The molecule has 1 aromatic heterocycles. The number of hydrogen-bond donors (Lipinski definition) is 0. The van der Waals surface area contributed by atoms with E-state index in [4.69, 9.17) is 0 Å². The quantitative estimate of drug-likeness (QED) is 0.622. The molecule has 3 nitrogen and oxygen atoms in total. The first-order valence-corrected chi connectivity index (χ1v) is 4.40. The first-order chi connectivity index (χ1) is 6.27. The molecule has 1 aliphatic heterocycles. The van der Waals surface area contributed by atoms with Crippen molar-refractivity contribution in [3.63, 3.8) is 0 Å². The second-order valence-corrected chi connectivity index (χ2v) is 3.40. The third kappa shape index (κ3) is 1.49. The Balaban J connectivity index is 2.27. The molecule has 0 aliphatic carbocycles. The molecule has 0 saturated heterocycles. The minimum Gasteiger partial charge on any atom is -0.307 e. The van der Waals surface area contributed by atoms with E-state index < -0.39 is 0 Å². The standard InChI is InChI=1S/C10H12N3/c1-8(2)9-4-6-13(7-9)10-3-5-11-12-10/h3-8H,1-2H3. The van der Waals surface area contributed by atoms with Crippen LogP contribution in [-0.4, -0.2) is 10.4 Å². The second kappa shape index (κ2) is 3.09. The van der Waals surface area contributed by atoms with Gasteiger partial charge in [-0.2, -0.15) is 5.43 Å². The van der Waals surface area contributed by atoms with Gasteiger partial charge in [0.15, 0.2) is 5.84 Å². The van der Waals surface area contributed by atoms with E-state index in [1.807, 2.05) is 16.8 Å². The van der Waals surface area contributed by atoms with Gasteiger partial charge in [0.05, 0.1) is 6.20 Å². The lowest BCUT2D eigenvalue weighted by atomic mass is 10.1. The lowest BCUT2D eigenvalue weighted by Gasteiger charge is -1.99. The van der Waals surface area contributed by atoms with Gasteiger partial charge in [0.25, 0.3) is 0 Å². The van der Waals surface area contributed by atoms with E-state index in [9.17, 15) is 0 Å². The zero-order valence-corrected chi connectivity index (χ0v) is 7.81. The van der Waals surface area contributed by atoms with Crippen LogP contribution in [0.15, 0.2) is 35.8 Å². The molecule has 0 N–H and O–H groups in total. The summed E-state index contributed by atoms with van der Waals surface area (Å²) in [5.41, 5.74) is 5.10. The van der Waals surface area contributed by atoms with Crippen LogP contribution in [-0.2, 0) is 0 Å². The van der Waals surface area contributed by atoms with Gasteiger partial charge < -0.3 is 4.57 Å². The van der Waals surface area contributed by atoms with Gasteiger partial charge in [-0.25, -0.2) is 0 Å². The predicted molar refractivity (Wildman–Crippen MR) is 52.6 cm³/mol. The number of aromatic nitrogens is 1. The maximum atomic E-state index is 3.97. The van der Waals surface area contributed by atoms with Crippen molar-refractivity contribution >= 4 is 5.84 Å². The Kier molecular flexibility index (Phi) is 1.93. The van der Waals surface area contributed by atoms with Gasteiger partial charge in [-0.05, 0) is 17.5 Å². The van der Waals surface area contributed by atoms with E-state index in [0.717, 1.165) is 5.84 Å². The fourth-order valence-corrected chi connectivity index (χ4v) is 1.26. The molecular formula is C10H12N3. The molecule has 0 amide bonds. The topological polar surface area (TPSA) is 31.4 Å². The second-order valence-electron chi connectivity index (χ2n) is 3.40. The van der Waals surface area contributed by atoms with E-state index >= 15 is 0 Å². The highest BCUT2D eigenvalue weighted by Gasteiger charge is 2.06. The summed E-state index contributed by atoms with van der Waals surface area (Å²) >= 11 is 0. The molecule has 67 valence electrons. The van der Waals surface area contributed by atoms with Gasteiger partial charge in [0.2, 0.25) is 0 Å². The fourth-order valence-electron chi connectivity index (χ4n) is 1.26. The number of nitrogens with zero attached hydrogens (tertiary/aromatic N) is 3. The molecule has 2 rings (SSSR count). The van der Waals surface area contributed by atoms with Gasteiger partial charge in [-0.3, -0.25) is 0 Å². The molecule has 0 aromatic carbocycles. The minimum atomic E-state index is 0.559. The smallest absolute Gasteiger partial charge is 0.160 e. The number of hydrogen-bond acceptors (Lipinski definition) is 1. The van der Waals surface area contributed by atoms with Crippen molar-refractivity contribution in [2.24, 2.45) is 5.10 Å². The van der Waals surface area contributed by atoms with E-state index in [1.165, 1.54) is 5.56 Å². The Morgan fingerprint density at radius 2 is 2.23 bits per heavy atom. The summed E-state index contributed by atoms with van der Waals surface area (Å²) in [4.78, 5) is 0. The maximum Gasteiger partial charge on any atom is 0.160 e. The lowest BCUT2D eigenvalue weighted by molar-refractivity contribution is 0.865. The van der Waals surface area contributed by atoms with Gasteiger partial charge in [-0.1, -0.05) is 13.8 Å². The monoisotopic (exact) mass is 174 g/mol. The first-order valence-electron chi connectivity index (χ1n) is 4.40. The van der Waals surface area contributed by atoms with E-state index in [0.29, 0.717) is 5.92 Å². The fraction of sp³-hybridized carbons (Fsp3) is 0.300. The largest absolute Gasteiger partial charge is 0.307 e. The molecule has 1 radical (unpaired) electrons. The molecule has 3 heteroatoms. The third-order valence-corrected chi connectivity index (χ3v) is 2.10. The van der Waals surface area contributed by atoms with Crippen LogP contribution in [0.2, 0.25) is 0 Å². The van der Waals surface area contributed by atoms with Crippen LogP contribution in [0.1, 0.15) is 25.3 Å². The number of allylic oxidation sites excluding steroid dienone is 1. The Morgan fingerprint density at radius 1 is 1.38 bits per heavy atom. The van der Waals surface area contributed by atoms with Gasteiger partial charge in [0.1, 0.15) is 0 Å². The van der Waals surface area contributed by atoms with Crippen LogP contribution in [0.4, 0.5) is 0 Å². The Labute approximate surface area is 77.8 Å². The minimum absolute atomic E-state index is 0.559. The highest BCUT2D eigenvalue weighted by Crippen LogP contribution is 2.14. The van der Waals surface area contributed by atoms with Gasteiger partial charge >= 0.3 is 0 Å². The molecular weight excluding hydrogens is 162 g/mol. The molecule has 13 heavy (non-hydrogen) atoms. The van der Waals surface area contributed by atoms with Crippen LogP contribution < -0.4 is 5.43 Å². The zero-order chi connectivity index (χ0) is 9.26. The SMILES string of the molecule is CC(C)c1ccn(C2=N[N]C=C2)c1. The normalized spacial score (nSPS) is 14.8. The van der Waals surface area contributed by atoms with Crippen LogP contribution in [0.25, 0.3) is 0 Å². The first kappa shape index (κ1) is 8.10. The summed E-state index contributed by atoms with van der Waals surface area (Å²) in [5, 5.41) is 3.97. The van der Waals surface area contributed by atoms with E-state index in [1.54, 1.807) is 6.20 Å². The van der Waals surface area contributed by atoms with Crippen molar-refractivity contribution in [2.45, 2.75) is 19.8 Å². The molecule has 0 spiro atoms. The van der Waals surface area contributed by atoms with Crippen molar-refractivity contribution in [1.82, 2.24) is 9.99 Å². The lowest BCUT2D eigenvalue weighted by Crippen LogP contribution is -2.04. The van der Waals surface area contributed by atoms with Crippen molar-refractivity contribution in [3.05, 3.63) is 36.3 Å². The van der Waals surface area contributed by atoms with E-state index in [2.05, 4.69) is 36.6 Å². The van der Waals surface area contributed by atoms with Crippen LogP contribution in [0.3, 0.4) is 0 Å². The number of rotatable bonds is 1. The highest BCUT2D eigenvalue weighted by molar-refractivity contribution is 5.95. The summed E-state index contributed by atoms with van der Waals surface area (Å²) in [6, 6.07) is 2.11. The molecule has 0 atom stereocenters. The van der Waals surface area contributed by atoms with Crippen LogP contribution in [0.5, 0.6) is 0 Å². The summed E-state index contributed by atoms with van der Waals surface area (Å²) in [6.07, 6.45) is 7.70. The third-order valence-electron chi connectivity index (χ3n) is 2.10. The van der Waals surface area contributed by atoms with Crippen molar-refractivity contribution in [2.75, 3.05) is 0 Å². The molecule has 0 saturated carbocycles. The van der Waals surface area contributed by atoms with Crippen molar-refractivity contribution in [1.29, 1.82) is 0 Å². The van der Waals surface area contributed by atoms with Gasteiger partial charge in [0, 0.05) is 18.5 Å². The molecule has 2 heterocycles. The van der Waals surface area contributed by atoms with Crippen molar-refractivity contribution in [3.8, 4) is 0 Å². The average molecular weight is 174 g/mol. The Morgan fingerprint density at radius 3 is 2.77 bits per heavy atom. The highest BCUT2D eigenvalue weighted by atomic mass is 15.3. The molecule has 0 fully saturated rings. The molecule has 1 aliphatic rings. The van der Waals surface area contributed by atoms with E-state index in [-0.39, 0.29) is 0 Å². The zero-order valence-electron chi connectivity index (χ0n) is 7.81. The Hall–Kier alpha value is -1.51. The summed E-state index contributed by atoms with van der Waals surface area (Å²) in [7, 11) is 0. The van der Waals surface area contributed by atoms with Crippen LogP contribution >= 0.6 is 0 Å². The van der Waals surface area contributed by atoms with Crippen molar-refractivity contribution < 1.29 is 0 Å². The molecule has 0 unspecified atom stereocenters. The van der Waals surface area contributed by atoms with Crippen LogP contribution in [0, 0.1) is 0 Å². The molecule has 1 aromatic rings. The summed E-state index contributed by atoms with van der Waals surface area (Å²) in [5.74, 6) is 1.44. The summed E-state index contributed by atoms with van der Waals surface area (Å²) in [6.45, 7) is 4.35. The Bertz CT molecular complexity index is 358. The van der Waals surface area contributed by atoms with Gasteiger partial charge in [-0.15, -0.1) is 5.10 Å². The summed E-state index contributed by atoms with van der Waals surface area (Å²) < 4.78 is 1.99. The predicted octanol–water partition coefficient (Wildman–Crippen LogP) is 1.90.